The van der Waals surface area contributed by atoms with Crippen molar-refractivity contribution in [3.63, 3.8) is 0 Å². The van der Waals surface area contributed by atoms with Gasteiger partial charge in [0, 0.05) is 6.07 Å². The molecule has 3 N–H and O–H groups in total. The van der Waals surface area contributed by atoms with Crippen molar-refractivity contribution < 1.29 is 36.6 Å². The fourth-order valence-corrected chi connectivity index (χ4v) is 5.77. The van der Waals surface area contributed by atoms with Crippen molar-refractivity contribution in [1.82, 2.24) is 15.7 Å². The van der Waals surface area contributed by atoms with Gasteiger partial charge in [0.15, 0.2) is 27.4 Å². The molecule has 1 aromatic carbocycles. The van der Waals surface area contributed by atoms with Crippen LogP contribution in [0.2, 0.25) is 10.0 Å². The van der Waals surface area contributed by atoms with Gasteiger partial charge in [-0.05, 0) is 25.0 Å². The number of imide groups is 1. The van der Waals surface area contributed by atoms with Crippen LogP contribution in [0.5, 0.6) is 17.4 Å². The number of urea groups is 1. The topological polar surface area (TPSA) is 138 Å². The quantitative estimate of drug-likeness (QED) is 0.510. The summed E-state index contributed by atoms with van der Waals surface area (Å²) in [5.41, 5.74) is 2.02. The van der Waals surface area contributed by atoms with Gasteiger partial charge in [0.25, 0.3) is 12.3 Å². The highest BCUT2D eigenvalue weighted by molar-refractivity contribution is 7.92. The van der Waals surface area contributed by atoms with E-state index in [4.69, 9.17) is 27.9 Å². The molecule has 1 aromatic heterocycles. The summed E-state index contributed by atoms with van der Waals surface area (Å²) in [4.78, 5) is 27.1. The minimum atomic E-state index is -3.80. The van der Waals surface area contributed by atoms with Crippen LogP contribution < -0.4 is 20.5 Å². The molecule has 3 amide bonds. The summed E-state index contributed by atoms with van der Waals surface area (Å²) in [7, 11) is -3.80. The number of aromatic nitrogens is 1. The molecule has 0 spiro atoms. The lowest BCUT2D eigenvalue weighted by Gasteiger charge is -2.32. The highest BCUT2D eigenvalue weighted by Crippen LogP contribution is 2.41. The summed E-state index contributed by atoms with van der Waals surface area (Å²) in [6.07, 6.45) is -0.451. The number of nitrogens with zero attached hydrogens (tertiary/aromatic N) is 2. The summed E-state index contributed by atoms with van der Waals surface area (Å²) in [5, 5.41) is 11.5. The minimum absolute atomic E-state index is 0.0788. The van der Waals surface area contributed by atoms with Gasteiger partial charge >= 0.3 is 6.03 Å². The van der Waals surface area contributed by atoms with E-state index in [1.807, 2.05) is 0 Å². The van der Waals surface area contributed by atoms with Gasteiger partial charge < -0.3 is 9.84 Å². The third kappa shape index (κ3) is 4.48. The number of sulfone groups is 1. The lowest BCUT2D eigenvalue weighted by molar-refractivity contribution is -0.126. The number of aromatic hydroxyl groups is 1. The SMILES string of the molecule is O=C1NC(=O)N(c2cc(Cl)c(Oc3cc(S(=O)(=O)C4CCC4)c(O)cn3)c(Cl)c2)NC1C(F)F. The van der Waals surface area contributed by atoms with Crippen LogP contribution in [0.3, 0.4) is 0 Å². The van der Waals surface area contributed by atoms with Crippen molar-refractivity contribution in [3.8, 4) is 17.4 Å². The maximum Gasteiger partial charge on any atom is 0.343 e. The number of benzene rings is 1. The molecule has 2 aliphatic rings. The molecule has 0 bridgehead atoms. The molecular weight excluding hydrogens is 521 g/mol. The summed E-state index contributed by atoms with van der Waals surface area (Å²) in [6, 6.07) is 0.333. The van der Waals surface area contributed by atoms with E-state index >= 15 is 0 Å². The molecular formula is C19H16Cl2F2N4O6S. The highest BCUT2D eigenvalue weighted by Gasteiger charge is 2.39. The first kappa shape index (κ1) is 24.4. The van der Waals surface area contributed by atoms with Crippen LogP contribution in [0.15, 0.2) is 29.3 Å². The number of hydrogen-bond donors (Lipinski definition) is 3. The number of alkyl halides is 2. The number of ether oxygens (including phenoxy) is 1. The number of rotatable bonds is 6. The van der Waals surface area contributed by atoms with E-state index in [1.165, 1.54) is 0 Å². The van der Waals surface area contributed by atoms with Gasteiger partial charge in [0.2, 0.25) is 5.88 Å². The van der Waals surface area contributed by atoms with Gasteiger partial charge in [-0.3, -0.25) is 10.1 Å². The monoisotopic (exact) mass is 536 g/mol. The van der Waals surface area contributed by atoms with Gasteiger partial charge in [-0.15, -0.1) is 0 Å². The Morgan fingerprint density at radius 1 is 1.18 bits per heavy atom. The normalized spacial score (nSPS) is 19.2. The molecule has 1 aliphatic heterocycles. The molecule has 1 unspecified atom stereocenters. The summed E-state index contributed by atoms with van der Waals surface area (Å²) in [5.74, 6) is -2.13. The van der Waals surface area contributed by atoms with Crippen LogP contribution in [-0.2, 0) is 14.6 Å². The second-order valence-electron chi connectivity index (χ2n) is 7.50. The Hall–Kier alpha value is -2.74. The van der Waals surface area contributed by atoms with Crippen LogP contribution in [0.4, 0.5) is 19.3 Å². The summed E-state index contributed by atoms with van der Waals surface area (Å²) < 4.78 is 57.1. The third-order valence-corrected chi connectivity index (χ3v) is 8.15. The Bertz CT molecular complexity index is 1250. The van der Waals surface area contributed by atoms with Gasteiger partial charge in [0.05, 0.1) is 27.2 Å². The molecule has 1 atom stereocenters. The van der Waals surface area contributed by atoms with Crippen LogP contribution in [0, 0.1) is 0 Å². The highest BCUT2D eigenvalue weighted by atomic mass is 35.5. The number of pyridine rings is 1. The molecule has 34 heavy (non-hydrogen) atoms. The number of carbonyl (C=O) groups is 2. The van der Waals surface area contributed by atoms with E-state index in [-0.39, 0.29) is 32.3 Å². The standard InChI is InChI=1S/C19H16Cl2F2N4O6S/c20-10-4-8(27-19(30)25-18(29)15(26-27)17(22)23)5-11(21)16(10)33-14-6-13(12(28)7-24-14)34(31,32)9-2-1-3-9/h4-7,9,15,17,26,28H,1-3H2,(H,25,29,30). The molecule has 2 heterocycles. The molecule has 2 fully saturated rings. The molecule has 1 aliphatic carbocycles. The number of hydrazine groups is 1. The fraction of sp³-hybridized carbons (Fsp3) is 0.316. The maximum absolute atomic E-state index is 13.1. The van der Waals surface area contributed by atoms with E-state index in [9.17, 15) is 31.9 Å². The fourth-order valence-electron chi connectivity index (χ4n) is 3.29. The smallest absolute Gasteiger partial charge is 0.343 e. The Morgan fingerprint density at radius 3 is 2.38 bits per heavy atom. The zero-order valence-electron chi connectivity index (χ0n) is 17.0. The molecule has 2 aromatic rings. The summed E-state index contributed by atoms with van der Waals surface area (Å²) >= 11 is 12.4. The maximum atomic E-state index is 13.1. The lowest BCUT2D eigenvalue weighted by atomic mass is 10.00. The first-order valence-corrected chi connectivity index (χ1v) is 12.1. The Labute approximate surface area is 201 Å². The molecule has 182 valence electrons. The van der Waals surface area contributed by atoms with Crippen molar-refractivity contribution in [2.45, 2.75) is 41.9 Å². The largest absolute Gasteiger partial charge is 0.505 e. The number of amides is 3. The molecule has 1 saturated heterocycles. The van der Waals surface area contributed by atoms with E-state index in [1.54, 1.807) is 5.32 Å². The predicted molar refractivity (Wildman–Crippen MR) is 116 cm³/mol. The summed E-state index contributed by atoms with van der Waals surface area (Å²) in [6.45, 7) is 0. The molecule has 15 heteroatoms. The average molecular weight is 537 g/mol. The number of halogens is 4. The van der Waals surface area contributed by atoms with Gasteiger partial charge in [-0.2, -0.15) is 0 Å². The average Bonchev–Trinajstić information content (AvgIpc) is 2.69. The number of hydrogen-bond acceptors (Lipinski definition) is 8. The Kier molecular flexibility index (Phi) is 6.55. The number of carbonyl (C=O) groups excluding carboxylic acids is 2. The molecule has 0 radical (unpaired) electrons. The van der Waals surface area contributed by atoms with Crippen LogP contribution in [0.1, 0.15) is 19.3 Å². The van der Waals surface area contributed by atoms with E-state index in [2.05, 4.69) is 10.4 Å². The van der Waals surface area contributed by atoms with Crippen molar-refractivity contribution >= 4 is 50.7 Å². The Balaban J connectivity index is 1.62. The first-order chi connectivity index (χ1) is 16.0. The van der Waals surface area contributed by atoms with E-state index < -0.39 is 45.2 Å². The van der Waals surface area contributed by atoms with Crippen molar-refractivity contribution in [2.24, 2.45) is 0 Å². The second-order valence-corrected chi connectivity index (χ2v) is 10.5. The minimum Gasteiger partial charge on any atom is -0.505 e. The zero-order chi connectivity index (χ0) is 24.8. The van der Waals surface area contributed by atoms with Crippen molar-refractivity contribution in [3.05, 3.63) is 34.4 Å². The van der Waals surface area contributed by atoms with Gasteiger partial charge in [0.1, 0.15) is 4.90 Å². The first-order valence-electron chi connectivity index (χ1n) is 9.78. The third-order valence-electron chi connectivity index (χ3n) is 5.30. The van der Waals surface area contributed by atoms with Crippen LogP contribution >= 0.6 is 23.2 Å². The van der Waals surface area contributed by atoms with Crippen LogP contribution in [0.25, 0.3) is 0 Å². The van der Waals surface area contributed by atoms with Crippen LogP contribution in [-0.4, -0.2) is 48.2 Å². The second kappa shape index (κ2) is 9.13. The van der Waals surface area contributed by atoms with Gasteiger partial charge in [-0.1, -0.05) is 29.6 Å². The van der Waals surface area contributed by atoms with Crippen molar-refractivity contribution in [1.29, 1.82) is 0 Å². The van der Waals surface area contributed by atoms with E-state index in [0.29, 0.717) is 17.9 Å². The predicted octanol–water partition coefficient (Wildman–Crippen LogP) is 3.41. The molecule has 10 nitrogen and oxygen atoms in total. The molecule has 4 rings (SSSR count). The molecule has 1 saturated carbocycles. The number of anilines is 1. The van der Waals surface area contributed by atoms with E-state index in [0.717, 1.165) is 30.8 Å². The Morgan fingerprint density at radius 2 is 1.82 bits per heavy atom. The van der Waals surface area contributed by atoms with Crippen molar-refractivity contribution in [2.75, 3.05) is 5.01 Å². The lowest BCUT2D eigenvalue weighted by Crippen LogP contribution is -2.66. The van der Waals surface area contributed by atoms with Gasteiger partial charge in [-0.25, -0.2) is 37.4 Å². The zero-order valence-corrected chi connectivity index (χ0v) is 19.3. The number of nitrogens with one attached hydrogen (secondary N) is 2.